The molecule has 0 aliphatic heterocycles. The van der Waals surface area contributed by atoms with Gasteiger partial charge in [-0.1, -0.05) is 6.92 Å². The van der Waals surface area contributed by atoms with Gasteiger partial charge in [0.05, 0.1) is 6.61 Å². The molecule has 0 spiro atoms. The van der Waals surface area contributed by atoms with Gasteiger partial charge in [-0.25, -0.2) is 4.98 Å². The summed E-state index contributed by atoms with van der Waals surface area (Å²) in [4.78, 5) is 19.3. The fraction of sp³-hybridized carbons (Fsp3) is 0.412. The average Bonchev–Trinajstić information content (AvgIpc) is 3.04. The first-order valence-corrected chi connectivity index (χ1v) is 7.86. The van der Waals surface area contributed by atoms with E-state index in [1.807, 2.05) is 31.5 Å². The second-order valence-corrected chi connectivity index (χ2v) is 5.62. The summed E-state index contributed by atoms with van der Waals surface area (Å²) in [5.41, 5.74) is 3.48. The van der Waals surface area contributed by atoms with Crippen LogP contribution in [0.5, 0.6) is 0 Å². The third kappa shape index (κ3) is 4.32. The molecule has 0 saturated heterocycles. The van der Waals surface area contributed by atoms with E-state index in [4.69, 9.17) is 5.11 Å². The van der Waals surface area contributed by atoms with Crippen LogP contribution in [0.25, 0.3) is 11.1 Å². The van der Waals surface area contributed by atoms with Crippen molar-refractivity contribution in [3.8, 4) is 11.1 Å². The van der Waals surface area contributed by atoms with Gasteiger partial charge in [-0.2, -0.15) is 0 Å². The zero-order chi connectivity index (χ0) is 16.8. The van der Waals surface area contributed by atoms with E-state index in [1.54, 1.807) is 0 Å². The van der Waals surface area contributed by atoms with Crippen LogP contribution in [0.4, 0.5) is 5.82 Å². The highest BCUT2D eigenvalue weighted by atomic mass is 16.3. The molecule has 0 bridgehead atoms. The summed E-state index contributed by atoms with van der Waals surface area (Å²) in [6, 6.07) is 4.16. The second-order valence-electron chi connectivity index (χ2n) is 5.62. The van der Waals surface area contributed by atoms with Crippen LogP contribution in [0.1, 0.15) is 36.3 Å². The normalized spacial score (nSPS) is 12.0. The first kappa shape index (κ1) is 17.0. The number of aromatic amines is 1. The Kier molecular flexibility index (Phi) is 5.76. The first-order chi connectivity index (χ1) is 11.0. The summed E-state index contributed by atoms with van der Waals surface area (Å²) >= 11 is 0. The Morgan fingerprint density at radius 1 is 1.43 bits per heavy atom. The highest BCUT2D eigenvalue weighted by molar-refractivity contribution is 5.94. The number of carbonyl (C=O) groups excluding carboxylic acids is 1. The van der Waals surface area contributed by atoms with Crippen LogP contribution in [0, 0.1) is 6.92 Å². The molecule has 124 valence electrons. The number of H-pyrrole nitrogens is 1. The molecule has 0 radical (unpaired) electrons. The van der Waals surface area contributed by atoms with E-state index >= 15 is 0 Å². The number of rotatable bonds is 7. The maximum Gasteiger partial charge on any atom is 0.267 e. The van der Waals surface area contributed by atoms with Crippen molar-refractivity contribution < 1.29 is 9.90 Å². The zero-order valence-electron chi connectivity index (χ0n) is 13.8. The number of nitrogens with zero attached hydrogens (tertiary/aromatic N) is 1. The molecule has 6 heteroatoms. The molecule has 0 fully saturated rings. The third-order valence-electron chi connectivity index (χ3n) is 3.75. The van der Waals surface area contributed by atoms with E-state index in [0.29, 0.717) is 11.7 Å². The van der Waals surface area contributed by atoms with Crippen LogP contribution in [-0.2, 0) is 0 Å². The standard InChI is InChI=1S/C17H24N4O2/c1-4-12(3)21-16-8-14(11(2)9-20-16)13-7-15(19-10-13)17(23)18-5-6-22/h7-10,12,19,22H,4-6H2,1-3H3,(H,18,23)(H,20,21)/t12-/m0/s1. The van der Waals surface area contributed by atoms with E-state index in [2.05, 4.69) is 34.4 Å². The van der Waals surface area contributed by atoms with Gasteiger partial charge in [0.2, 0.25) is 0 Å². The average molecular weight is 316 g/mol. The number of amides is 1. The van der Waals surface area contributed by atoms with Gasteiger partial charge in [-0.3, -0.25) is 4.79 Å². The minimum Gasteiger partial charge on any atom is -0.395 e. The Morgan fingerprint density at radius 2 is 2.22 bits per heavy atom. The van der Waals surface area contributed by atoms with Crippen LogP contribution in [0.3, 0.4) is 0 Å². The lowest BCUT2D eigenvalue weighted by Crippen LogP contribution is -2.26. The van der Waals surface area contributed by atoms with Crippen LogP contribution >= 0.6 is 0 Å². The molecular weight excluding hydrogens is 292 g/mol. The van der Waals surface area contributed by atoms with E-state index in [1.165, 1.54) is 0 Å². The summed E-state index contributed by atoms with van der Waals surface area (Å²) in [5.74, 6) is 0.599. The van der Waals surface area contributed by atoms with Crippen LogP contribution in [0.15, 0.2) is 24.5 Å². The van der Waals surface area contributed by atoms with E-state index in [-0.39, 0.29) is 19.1 Å². The lowest BCUT2D eigenvalue weighted by molar-refractivity contribution is 0.0940. The summed E-state index contributed by atoms with van der Waals surface area (Å²) < 4.78 is 0. The summed E-state index contributed by atoms with van der Waals surface area (Å²) in [6.07, 6.45) is 4.66. The van der Waals surface area contributed by atoms with Gasteiger partial charge in [-0.05, 0) is 43.5 Å². The number of aliphatic hydroxyl groups is 1. The van der Waals surface area contributed by atoms with Crippen molar-refractivity contribution >= 4 is 11.7 Å². The smallest absolute Gasteiger partial charge is 0.267 e. The predicted molar refractivity (Wildman–Crippen MR) is 91.6 cm³/mol. The van der Waals surface area contributed by atoms with E-state index < -0.39 is 0 Å². The number of aromatic nitrogens is 2. The first-order valence-electron chi connectivity index (χ1n) is 7.86. The fourth-order valence-corrected chi connectivity index (χ4v) is 2.21. The molecule has 2 heterocycles. The van der Waals surface area contributed by atoms with Gasteiger partial charge in [0, 0.05) is 30.5 Å². The molecule has 23 heavy (non-hydrogen) atoms. The largest absolute Gasteiger partial charge is 0.395 e. The van der Waals surface area contributed by atoms with Crippen molar-refractivity contribution in [2.75, 3.05) is 18.5 Å². The Morgan fingerprint density at radius 3 is 2.91 bits per heavy atom. The molecule has 2 aromatic rings. The van der Waals surface area contributed by atoms with Crippen molar-refractivity contribution in [2.45, 2.75) is 33.2 Å². The number of pyridine rings is 1. The minimum atomic E-state index is -0.227. The van der Waals surface area contributed by atoms with Crippen molar-refractivity contribution in [3.05, 3.63) is 35.8 Å². The third-order valence-corrected chi connectivity index (χ3v) is 3.75. The fourth-order valence-electron chi connectivity index (χ4n) is 2.21. The number of anilines is 1. The van der Waals surface area contributed by atoms with E-state index in [9.17, 15) is 4.79 Å². The highest BCUT2D eigenvalue weighted by Gasteiger charge is 2.12. The summed E-state index contributed by atoms with van der Waals surface area (Å²) in [5, 5.41) is 14.8. The van der Waals surface area contributed by atoms with Crippen molar-refractivity contribution in [2.24, 2.45) is 0 Å². The van der Waals surface area contributed by atoms with Crippen LogP contribution in [0.2, 0.25) is 0 Å². The maximum atomic E-state index is 11.9. The topological polar surface area (TPSA) is 90.0 Å². The number of nitrogens with one attached hydrogen (secondary N) is 3. The molecule has 0 aliphatic rings. The molecule has 4 N–H and O–H groups in total. The SMILES string of the molecule is CC[C@H](C)Nc1cc(-c2c[nH]c(C(=O)NCCO)c2)c(C)cn1. The molecule has 2 rings (SSSR count). The number of aryl methyl sites for hydroxylation is 1. The Balaban J connectivity index is 2.22. The molecule has 1 atom stereocenters. The zero-order valence-corrected chi connectivity index (χ0v) is 13.8. The number of aliphatic hydroxyl groups excluding tert-OH is 1. The number of hydrogen-bond donors (Lipinski definition) is 4. The minimum absolute atomic E-state index is 0.0760. The Hall–Kier alpha value is -2.34. The molecular formula is C17H24N4O2. The van der Waals surface area contributed by atoms with E-state index in [0.717, 1.165) is 28.9 Å². The van der Waals surface area contributed by atoms with Crippen LogP contribution < -0.4 is 10.6 Å². The molecule has 0 unspecified atom stereocenters. The van der Waals surface area contributed by atoms with Gasteiger partial charge in [0.1, 0.15) is 11.5 Å². The molecule has 2 aromatic heterocycles. The summed E-state index contributed by atoms with van der Waals surface area (Å²) in [7, 11) is 0. The summed E-state index contributed by atoms with van der Waals surface area (Å²) in [6.45, 7) is 6.39. The van der Waals surface area contributed by atoms with Gasteiger partial charge in [0.15, 0.2) is 0 Å². The molecule has 6 nitrogen and oxygen atoms in total. The van der Waals surface area contributed by atoms with Crippen molar-refractivity contribution in [3.63, 3.8) is 0 Å². The Labute approximate surface area is 136 Å². The van der Waals surface area contributed by atoms with Gasteiger partial charge in [-0.15, -0.1) is 0 Å². The van der Waals surface area contributed by atoms with Gasteiger partial charge in [0.25, 0.3) is 5.91 Å². The van der Waals surface area contributed by atoms with Gasteiger partial charge < -0.3 is 20.7 Å². The highest BCUT2D eigenvalue weighted by Crippen LogP contribution is 2.26. The molecule has 0 aliphatic carbocycles. The lowest BCUT2D eigenvalue weighted by atomic mass is 10.0. The van der Waals surface area contributed by atoms with Crippen LogP contribution in [-0.4, -0.2) is 40.2 Å². The number of carbonyl (C=O) groups is 1. The second kappa shape index (κ2) is 7.78. The molecule has 0 saturated carbocycles. The maximum absolute atomic E-state index is 11.9. The van der Waals surface area contributed by atoms with Crippen molar-refractivity contribution in [1.29, 1.82) is 0 Å². The molecule has 1 amide bonds. The van der Waals surface area contributed by atoms with Gasteiger partial charge >= 0.3 is 0 Å². The molecule has 0 aromatic carbocycles. The van der Waals surface area contributed by atoms with Crippen molar-refractivity contribution in [1.82, 2.24) is 15.3 Å². The number of hydrogen-bond acceptors (Lipinski definition) is 4. The lowest BCUT2D eigenvalue weighted by Gasteiger charge is -2.13. The Bertz CT molecular complexity index is 666. The quantitative estimate of drug-likeness (QED) is 0.631. The predicted octanol–water partition coefficient (Wildman–Crippen LogP) is 2.32. The monoisotopic (exact) mass is 316 g/mol.